The fraction of sp³-hybridized carbons (Fsp3) is 0.0625. The second-order valence-electron chi connectivity index (χ2n) is 4.71. The molecule has 0 unspecified atom stereocenters. The zero-order chi connectivity index (χ0) is 16.3. The fourth-order valence-corrected chi connectivity index (χ4v) is 2.72. The predicted molar refractivity (Wildman–Crippen MR) is 86.5 cm³/mol. The van der Waals surface area contributed by atoms with Gasteiger partial charge in [0.2, 0.25) is 0 Å². The van der Waals surface area contributed by atoms with E-state index in [4.69, 9.17) is 11.6 Å². The maximum absolute atomic E-state index is 11.4. The molecule has 0 saturated heterocycles. The van der Waals surface area contributed by atoms with Crippen LogP contribution in [0.25, 0.3) is 11.6 Å². The summed E-state index contributed by atoms with van der Waals surface area (Å²) in [6.07, 6.45) is 2.59. The third kappa shape index (κ3) is 3.96. The Bertz CT molecular complexity index is 837. The number of carboxylic acid groups (broad SMARTS) is 1. The van der Waals surface area contributed by atoms with E-state index in [9.17, 15) is 18.3 Å². The van der Waals surface area contributed by atoms with Crippen LogP contribution in [0.15, 0.2) is 53.4 Å². The van der Waals surface area contributed by atoms with Crippen molar-refractivity contribution in [3.05, 3.63) is 64.7 Å². The normalized spacial score (nSPS) is 12.2. The highest BCUT2D eigenvalue weighted by molar-refractivity contribution is 7.90. The van der Waals surface area contributed by atoms with Gasteiger partial charge in [0, 0.05) is 11.3 Å². The summed E-state index contributed by atoms with van der Waals surface area (Å²) in [4.78, 5) is 11.6. The van der Waals surface area contributed by atoms with Crippen molar-refractivity contribution in [1.29, 1.82) is 0 Å². The number of carbonyl (C=O) groups is 1. The molecule has 114 valence electrons. The summed E-state index contributed by atoms with van der Waals surface area (Å²) in [5, 5.41) is 9.80. The average molecular weight is 337 g/mol. The molecule has 2 aromatic rings. The molecule has 0 aromatic heterocycles. The van der Waals surface area contributed by atoms with Gasteiger partial charge in [-0.15, -0.1) is 0 Å². The van der Waals surface area contributed by atoms with Crippen LogP contribution in [0.1, 0.15) is 11.1 Å². The van der Waals surface area contributed by atoms with Crippen molar-refractivity contribution < 1.29 is 18.3 Å². The molecule has 4 nitrogen and oxygen atoms in total. The lowest BCUT2D eigenvalue weighted by Gasteiger charge is -2.04. The summed E-state index contributed by atoms with van der Waals surface area (Å²) in [6, 6.07) is 12.5. The quantitative estimate of drug-likeness (QED) is 0.686. The Balaban J connectivity index is 2.45. The topological polar surface area (TPSA) is 71.4 Å². The van der Waals surface area contributed by atoms with Gasteiger partial charge in [-0.05, 0) is 41.5 Å². The van der Waals surface area contributed by atoms with E-state index in [2.05, 4.69) is 0 Å². The van der Waals surface area contributed by atoms with Crippen molar-refractivity contribution in [1.82, 2.24) is 0 Å². The number of hydrogen-bond donors (Lipinski definition) is 1. The van der Waals surface area contributed by atoms with Gasteiger partial charge in [-0.25, -0.2) is 13.2 Å². The molecule has 0 aliphatic carbocycles. The minimum absolute atomic E-state index is 0.0783. The minimum Gasteiger partial charge on any atom is -0.478 e. The van der Waals surface area contributed by atoms with Crippen molar-refractivity contribution in [2.45, 2.75) is 4.90 Å². The van der Waals surface area contributed by atoms with Crippen LogP contribution in [0.2, 0.25) is 5.02 Å². The van der Waals surface area contributed by atoms with Gasteiger partial charge in [0.15, 0.2) is 9.84 Å². The Kier molecular flexibility index (Phi) is 4.68. The van der Waals surface area contributed by atoms with E-state index in [1.807, 2.05) is 0 Å². The molecule has 0 atom stereocenters. The maximum Gasteiger partial charge on any atom is 0.336 e. The third-order valence-electron chi connectivity index (χ3n) is 2.99. The molecule has 2 rings (SSSR count). The molecule has 2 aromatic carbocycles. The van der Waals surface area contributed by atoms with Crippen LogP contribution in [0.4, 0.5) is 0 Å². The van der Waals surface area contributed by atoms with E-state index in [1.165, 1.54) is 18.2 Å². The summed E-state index contributed by atoms with van der Waals surface area (Å²) in [6.45, 7) is 0. The highest BCUT2D eigenvalue weighted by atomic mass is 35.5. The number of sulfone groups is 1. The van der Waals surface area contributed by atoms with Crippen LogP contribution < -0.4 is 0 Å². The second-order valence-corrected chi connectivity index (χ2v) is 7.17. The lowest BCUT2D eigenvalue weighted by Crippen LogP contribution is -2.00. The van der Waals surface area contributed by atoms with E-state index in [0.717, 1.165) is 6.26 Å². The molecule has 22 heavy (non-hydrogen) atoms. The number of carboxylic acids is 1. The van der Waals surface area contributed by atoms with Crippen LogP contribution in [0, 0.1) is 0 Å². The molecule has 1 N–H and O–H groups in total. The van der Waals surface area contributed by atoms with Crippen LogP contribution in [-0.4, -0.2) is 25.7 Å². The zero-order valence-electron chi connectivity index (χ0n) is 11.7. The van der Waals surface area contributed by atoms with Crippen LogP contribution >= 0.6 is 11.6 Å². The van der Waals surface area contributed by atoms with Crippen molar-refractivity contribution in [2.24, 2.45) is 0 Å². The first-order valence-corrected chi connectivity index (χ1v) is 8.55. The van der Waals surface area contributed by atoms with Gasteiger partial charge in [-0.1, -0.05) is 35.9 Å². The SMILES string of the molecule is CS(=O)(=O)c1ccc(/C=C(/C(=O)O)c2cccc(Cl)c2)cc1. The predicted octanol–water partition coefficient (Wildman–Crippen LogP) is 3.37. The first kappa shape index (κ1) is 16.3. The molecule has 0 spiro atoms. The van der Waals surface area contributed by atoms with Crippen LogP contribution in [0.5, 0.6) is 0 Å². The second kappa shape index (κ2) is 6.34. The molecule has 0 amide bonds. The number of rotatable bonds is 4. The van der Waals surface area contributed by atoms with Crippen molar-refractivity contribution in [2.75, 3.05) is 6.26 Å². The van der Waals surface area contributed by atoms with E-state index in [0.29, 0.717) is 16.1 Å². The monoisotopic (exact) mass is 336 g/mol. The molecule has 0 radical (unpaired) electrons. The summed E-state index contributed by atoms with van der Waals surface area (Å²) in [7, 11) is -3.28. The number of benzene rings is 2. The molecular formula is C16H13ClO4S. The summed E-state index contributed by atoms with van der Waals surface area (Å²) in [5.74, 6) is -1.09. The number of aliphatic carboxylic acids is 1. The van der Waals surface area contributed by atoms with Gasteiger partial charge in [-0.3, -0.25) is 0 Å². The van der Waals surface area contributed by atoms with Crippen LogP contribution in [-0.2, 0) is 14.6 Å². The van der Waals surface area contributed by atoms with Crippen molar-refractivity contribution in [3.63, 3.8) is 0 Å². The van der Waals surface area contributed by atoms with Gasteiger partial charge in [-0.2, -0.15) is 0 Å². The van der Waals surface area contributed by atoms with E-state index < -0.39 is 15.8 Å². The standard InChI is InChI=1S/C16H13ClO4S/c1-22(20,21)14-7-5-11(6-8-14)9-15(16(18)19)12-3-2-4-13(17)10-12/h2-10H,1H3,(H,18,19)/b15-9+. The lowest BCUT2D eigenvalue weighted by molar-refractivity contribution is -0.130. The molecule has 0 bridgehead atoms. The van der Waals surface area contributed by atoms with E-state index in [-0.39, 0.29) is 10.5 Å². The van der Waals surface area contributed by atoms with Crippen molar-refractivity contribution >= 4 is 39.1 Å². The Hall–Kier alpha value is -2.11. The minimum atomic E-state index is -3.28. The lowest BCUT2D eigenvalue weighted by atomic mass is 10.0. The molecule has 0 aliphatic heterocycles. The molecule has 0 saturated carbocycles. The van der Waals surface area contributed by atoms with Gasteiger partial charge < -0.3 is 5.11 Å². The maximum atomic E-state index is 11.4. The van der Waals surface area contributed by atoms with Gasteiger partial charge >= 0.3 is 5.97 Å². The van der Waals surface area contributed by atoms with E-state index in [1.54, 1.807) is 36.4 Å². The average Bonchev–Trinajstić information content (AvgIpc) is 2.44. The van der Waals surface area contributed by atoms with Gasteiger partial charge in [0.1, 0.15) is 0 Å². The Morgan fingerprint density at radius 1 is 1.14 bits per heavy atom. The largest absolute Gasteiger partial charge is 0.478 e. The zero-order valence-corrected chi connectivity index (χ0v) is 13.2. The summed E-state index contributed by atoms with van der Waals surface area (Å²) in [5.41, 5.74) is 1.14. The molecule has 0 heterocycles. The first-order chi connectivity index (χ1) is 10.3. The van der Waals surface area contributed by atoms with Gasteiger partial charge in [0.25, 0.3) is 0 Å². The fourth-order valence-electron chi connectivity index (χ4n) is 1.90. The van der Waals surface area contributed by atoms with Gasteiger partial charge in [0.05, 0.1) is 10.5 Å². The highest BCUT2D eigenvalue weighted by Crippen LogP contribution is 2.22. The third-order valence-corrected chi connectivity index (χ3v) is 4.35. The Morgan fingerprint density at radius 3 is 2.27 bits per heavy atom. The van der Waals surface area contributed by atoms with Crippen molar-refractivity contribution in [3.8, 4) is 0 Å². The van der Waals surface area contributed by atoms with Crippen LogP contribution in [0.3, 0.4) is 0 Å². The molecular weight excluding hydrogens is 324 g/mol. The molecule has 0 fully saturated rings. The highest BCUT2D eigenvalue weighted by Gasteiger charge is 2.11. The Morgan fingerprint density at radius 2 is 1.77 bits per heavy atom. The first-order valence-electron chi connectivity index (χ1n) is 6.28. The van der Waals surface area contributed by atoms with E-state index >= 15 is 0 Å². The smallest absolute Gasteiger partial charge is 0.336 e. The Labute approximate surface area is 133 Å². The summed E-state index contributed by atoms with van der Waals surface area (Å²) >= 11 is 5.88. The number of hydrogen-bond acceptors (Lipinski definition) is 3. The number of halogens is 1. The summed E-state index contributed by atoms with van der Waals surface area (Å²) < 4.78 is 22.8. The molecule has 0 aliphatic rings. The molecule has 6 heteroatoms.